The fourth-order valence-corrected chi connectivity index (χ4v) is 4.56. The van der Waals surface area contributed by atoms with Crippen LogP contribution >= 0.6 is 0 Å². The Kier molecular flexibility index (Phi) is 5.79. The molecule has 0 bridgehead atoms. The highest BCUT2D eigenvalue weighted by Crippen LogP contribution is 2.19. The summed E-state index contributed by atoms with van der Waals surface area (Å²) in [4.78, 5) is 0.120. The first kappa shape index (κ1) is 18.6. The zero-order valence-corrected chi connectivity index (χ0v) is 15.3. The quantitative estimate of drug-likeness (QED) is 0.814. The van der Waals surface area contributed by atoms with E-state index in [1.54, 1.807) is 42.5 Å². The van der Waals surface area contributed by atoms with Crippen LogP contribution in [0.1, 0.15) is 24.1 Å². The molecule has 0 heterocycles. The fourth-order valence-electron chi connectivity index (χ4n) is 2.35. The van der Waals surface area contributed by atoms with Crippen molar-refractivity contribution in [2.75, 3.05) is 12.0 Å². The first-order valence-corrected chi connectivity index (χ1v) is 11.1. The number of benzene rings is 2. The van der Waals surface area contributed by atoms with Gasteiger partial charge in [0.05, 0.1) is 16.7 Å². The summed E-state index contributed by atoms with van der Waals surface area (Å²) in [6, 6.07) is 14.4. The molecule has 0 saturated heterocycles. The van der Waals surface area contributed by atoms with Gasteiger partial charge in [-0.15, -0.1) is 0 Å². The molecule has 24 heavy (non-hydrogen) atoms. The molecule has 2 rings (SSSR count). The highest BCUT2D eigenvalue weighted by atomic mass is 32.2. The van der Waals surface area contributed by atoms with E-state index in [1.165, 1.54) is 12.1 Å². The first-order valence-electron chi connectivity index (χ1n) is 7.55. The lowest BCUT2D eigenvalue weighted by Gasteiger charge is -2.18. The number of sulfone groups is 1. The molecular formula is C17H21NO4S2. The molecule has 1 unspecified atom stereocenters. The van der Waals surface area contributed by atoms with E-state index in [0.717, 1.165) is 18.2 Å². The molecule has 130 valence electrons. The fraction of sp³-hybridized carbons (Fsp3) is 0.294. The van der Waals surface area contributed by atoms with Crippen molar-refractivity contribution >= 4 is 19.9 Å². The lowest BCUT2D eigenvalue weighted by molar-refractivity contribution is 0.561. The molecule has 0 spiro atoms. The van der Waals surface area contributed by atoms with Crippen molar-refractivity contribution in [2.45, 2.75) is 24.3 Å². The number of hydrogen-bond acceptors (Lipinski definition) is 4. The van der Waals surface area contributed by atoms with Gasteiger partial charge in [-0.3, -0.25) is 0 Å². The van der Waals surface area contributed by atoms with Gasteiger partial charge in [-0.05, 0) is 29.7 Å². The number of nitrogens with one attached hydrogen (secondary N) is 1. The van der Waals surface area contributed by atoms with Crippen molar-refractivity contribution in [3.05, 3.63) is 65.7 Å². The van der Waals surface area contributed by atoms with Gasteiger partial charge in [-0.1, -0.05) is 49.4 Å². The van der Waals surface area contributed by atoms with E-state index >= 15 is 0 Å². The third-order valence-corrected chi connectivity index (χ3v) is 6.04. The zero-order valence-electron chi connectivity index (χ0n) is 13.6. The topological polar surface area (TPSA) is 80.3 Å². The smallest absolute Gasteiger partial charge is 0.229 e. The van der Waals surface area contributed by atoms with Gasteiger partial charge in [-0.2, -0.15) is 0 Å². The van der Waals surface area contributed by atoms with Crippen molar-refractivity contribution in [3.8, 4) is 0 Å². The zero-order chi connectivity index (χ0) is 17.8. The predicted octanol–water partition coefficient (Wildman–Crippen LogP) is 2.31. The molecule has 1 atom stereocenters. The molecule has 0 aliphatic carbocycles. The van der Waals surface area contributed by atoms with Gasteiger partial charge < -0.3 is 0 Å². The summed E-state index contributed by atoms with van der Waals surface area (Å²) in [5, 5.41) is 0. The van der Waals surface area contributed by atoms with Gasteiger partial charge in [0.1, 0.15) is 9.84 Å². The van der Waals surface area contributed by atoms with E-state index in [0.29, 0.717) is 5.56 Å². The van der Waals surface area contributed by atoms with Crippen molar-refractivity contribution in [3.63, 3.8) is 0 Å². The molecule has 0 fully saturated rings. The average Bonchev–Trinajstić information content (AvgIpc) is 2.53. The van der Waals surface area contributed by atoms with Crippen LogP contribution in [0.4, 0.5) is 0 Å². The van der Waals surface area contributed by atoms with Crippen LogP contribution in [0.15, 0.2) is 59.5 Å². The van der Waals surface area contributed by atoms with E-state index in [4.69, 9.17) is 0 Å². The Bertz CT molecular complexity index is 874. The standard InChI is InChI=1S/C17H21NO4S2/c1-3-14-9-11-16(12-10-14)24(21,22)18-17(13-23(2,19)20)15-7-5-4-6-8-15/h4-12,17-18H,3,13H2,1-2H3. The van der Waals surface area contributed by atoms with Gasteiger partial charge in [-0.25, -0.2) is 21.6 Å². The summed E-state index contributed by atoms with van der Waals surface area (Å²) in [5.41, 5.74) is 1.64. The molecule has 0 aliphatic heterocycles. The minimum atomic E-state index is -3.82. The SMILES string of the molecule is CCc1ccc(S(=O)(=O)NC(CS(C)(=O)=O)c2ccccc2)cc1. The third kappa shape index (κ3) is 5.15. The Labute approximate surface area is 143 Å². The number of sulfonamides is 1. The summed E-state index contributed by atoms with van der Waals surface area (Å²) >= 11 is 0. The van der Waals surface area contributed by atoms with E-state index in [2.05, 4.69) is 4.72 Å². The summed E-state index contributed by atoms with van der Waals surface area (Å²) in [6.45, 7) is 1.99. The lowest BCUT2D eigenvalue weighted by atomic mass is 10.1. The van der Waals surface area contributed by atoms with Crippen molar-refractivity contribution < 1.29 is 16.8 Å². The van der Waals surface area contributed by atoms with Crippen LogP contribution in [0, 0.1) is 0 Å². The second-order valence-electron chi connectivity index (χ2n) is 5.67. The summed E-state index contributed by atoms with van der Waals surface area (Å²) in [6.07, 6.45) is 1.90. The Balaban J connectivity index is 2.33. The van der Waals surface area contributed by atoms with E-state index in [1.807, 2.05) is 6.92 Å². The van der Waals surface area contributed by atoms with E-state index in [-0.39, 0.29) is 10.6 Å². The summed E-state index contributed by atoms with van der Waals surface area (Å²) in [7, 11) is -7.18. The van der Waals surface area contributed by atoms with Crippen LogP contribution in [0.25, 0.3) is 0 Å². The van der Waals surface area contributed by atoms with Crippen LogP contribution in [-0.4, -0.2) is 28.8 Å². The normalized spacial score (nSPS) is 13.6. The Morgan fingerprint density at radius 2 is 1.50 bits per heavy atom. The van der Waals surface area contributed by atoms with Gasteiger partial charge in [0.15, 0.2) is 0 Å². The Hall–Kier alpha value is -1.70. The molecule has 2 aromatic carbocycles. The van der Waals surface area contributed by atoms with Crippen LogP contribution in [-0.2, 0) is 26.3 Å². The van der Waals surface area contributed by atoms with Crippen LogP contribution in [0.2, 0.25) is 0 Å². The van der Waals surface area contributed by atoms with E-state index in [9.17, 15) is 16.8 Å². The van der Waals surface area contributed by atoms with Gasteiger partial charge >= 0.3 is 0 Å². The second-order valence-corrected chi connectivity index (χ2v) is 9.57. The molecular weight excluding hydrogens is 346 g/mol. The molecule has 7 heteroatoms. The van der Waals surface area contributed by atoms with Crippen molar-refractivity contribution in [1.82, 2.24) is 4.72 Å². The number of aryl methyl sites for hydroxylation is 1. The van der Waals surface area contributed by atoms with Gasteiger partial charge in [0, 0.05) is 6.26 Å². The largest absolute Gasteiger partial charge is 0.241 e. The molecule has 5 nitrogen and oxygen atoms in total. The van der Waals surface area contributed by atoms with Crippen LogP contribution in [0.5, 0.6) is 0 Å². The first-order chi connectivity index (χ1) is 11.2. The molecule has 0 aromatic heterocycles. The molecule has 0 amide bonds. The van der Waals surface area contributed by atoms with Crippen molar-refractivity contribution in [1.29, 1.82) is 0 Å². The molecule has 0 radical (unpaired) electrons. The molecule has 1 N–H and O–H groups in total. The monoisotopic (exact) mass is 367 g/mol. The summed E-state index contributed by atoms with van der Waals surface area (Å²) in [5.74, 6) is -0.302. The van der Waals surface area contributed by atoms with Crippen LogP contribution in [0.3, 0.4) is 0 Å². The third-order valence-electron chi connectivity index (χ3n) is 3.61. The van der Waals surface area contributed by atoms with Crippen LogP contribution < -0.4 is 4.72 Å². The van der Waals surface area contributed by atoms with Gasteiger partial charge in [0.2, 0.25) is 10.0 Å². The molecule has 0 aliphatic rings. The Morgan fingerprint density at radius 1 is 0.917 bits per heavy atom. The minimum absolute atomic E-state index is 0.120. The predicted molar refractivity (Wildman–Crippen MR) is 95.0 cm³/mol. The highest BCUT2D eigenvalue weighted by Gasteiger charge is 2.24. The van der Waals surface area contributed by atoms with Gasteiger partial charge in [0.25, 0.3) is 0 Å². The van der Waals surface area contributed by atoms with Crippen molar-refractivity contribution in [2.24, 2.45) is 0 Å². The maximum absolute atomic E-state index is 12.6. The van der Waals surface area contributed by atoms with E-state index < -0.39 is 25.9 Å². The molecule has 0 saturated carbocycles. The maximum atomic E-state index is 12.6. The lowest BCUT2D eigenvalue weighted by Crippen LogP contribution is -2.33. The minimum Gasteiger partial charge on any atom is -0.229 e. The second kappa shape index (κ2) is 7.46. The summed E-state index contributed by atoms with van der Waals surface area (Å²) < 4.78 is 51.1. The Morgan fingerprint density at radius 3 is 2.00 bits per heavy atom. The highest BCUT2D eigenvalue weighted by molar-refractivity contribution is 7.91. The number of hydrogen-bond donors (Lipinski definition) is 1. The number of rotatable bonds is 7. The maximum Gasteiger partial charge on any atom is 0.241 e. The molecule has 2 aromatic rings. The average molecular weight is 367 g/mol.